The number of amides is 4. The Labute approximate surface area is 111 Å². The first-order chi connectivity index (χ1) is 9.20. The van der Waals surface area contributed by atoms with Crippen LogP contribution in [0.2, 0.25) is 0 Å². The van der Waals surface area contributed by atoms with Crippen molar-refractivity contribution in [2.24, 2.45) is 5.41 Å². The molecule has 1 heterocycles. The minimum Gasteiger partial charge on any atom is -0.277 e. The molecule has 0 atom stereocenters. The molecule has 0 aromatic carbocycles. The van der Waals surface area contributed by atoms with Gasteiger partial charge >= 0.3 is 18.4 Å². The Morgan fingerprint density at radius 2 is 1.75 bits per heavy atom. The summed E-state index contributed by atoms with van der Waals surface area (Å²) in [7, 11) is 0. The molecule has 9 heteroatoms. The fourth-order valence-corrected chi connectivity index (χ4v) is 2.57. The summed E-state index contributed by atoms with van der Waals surface area (Å²) in [6, 6.07) is -1.38. The zero-order valence-corrected chi connectivity index (χ0v) is 10.3. The first-order valence-corrected chi connectivity index (χ1v) is 6.04. The van der Waals surface area contributed by atoms with Gasteiger partial charge in [-0.1, -0.05) is 12.8 Å². The standard InChI is InChI=1S/C11H12F4N2O3/c12-6(13)11(14,15)5-17-8(19)10(3-1-2-4-10)7(18)16-9(17)20/h6H,1-5H2,(H,16,18,20). The van der Waals surface area contributed by atoms with E-state index >= 15 is 0 Å². The van der Waals surface area contributed by atoms with E-state index in [1.807, 2.05) is 0 Å². The zero-order valence-electron chi connectivity index (χ0n) is 10.3. The van der Waals surface area contributed by atoms with E-state index < -0.39 is 42.2 Å². The highest BCUT2D eigenvalue weighted by atomic mass is 19.3. The van der Waals surface area contributed by atoms with Gasteiger partial charge in [-0.2, -0.15) is 8.78 Å². The molecule has 1 saturated carbocycles. The molecule has 20 heavy (non-hydrogen) atoms. The van der Waals surface area contributed by atoms with Gasteiger partial charge in [0, 0.05) is 0 Å². The van der Waals surface area contributed by atoms with Crippen LogP contribution < -0.4 is 5.32 Å². The second-order valence-electron chi connectivity index (χ2n) is 5.00. The monoisotopic (exact) mass is 296 g/mol. The third kappa shape index (κ3) is 2.14. The molecular weight excluding hydrogens is 284 g/mol. The summed E-state index contributed by atoms with van der Waals surface area (Å²) in [5.74, 6) is -6.45. The molecule has 5 nitrogen and oxygen atoms in total. The van der Waals surface area contributed by atoms with Gasteiger partial charge in [0.2, 0.25) is 11.8 Å². The number of rotatable bonds is 3. The fraction of sp³-hybridized carbons (Fsp3) is 0.727. The Bertz CT molecular complexity index is 461. The molecule has 0 aromatic heterocycles. The van der Waals surface area contributed by atoms with Crippen molar-refractivity contribution in [1.29, 1.82) is 0 Å². The molecule has 0 bridgehead atoms. The van der Waals surface area contributed by atoms with Crippen molar-refractivity contribution in [2.45, 2.75) is 38.0 Å². The molecule has 1 aliphatic heterocycles. The summed E-state index contributed by atoms with van der Waals surface area (Å²) in [4.78, 5) is 35.4. The van der Waals surface area contributed by atoms with Gasteiger partial charge in [0.15, 0.2) is 0 Å². The predicted molar refractivity (Wildman–Crippen MR) is 57.1 cm³/mol. The van der Waals surface area contributed by atoms with Crippen LogP contribution in [-0.2, 0) is 9.59 Å². The quantitative estimate of drug-likeness (QED) is 0.634. The van der Waals surface area contributed by atoms with Gasteiger partial charge in [-0.25, -0.2) is 13.6 Å². The van der Waals surface area contributed by atoms with Crippen molar-refractivity contribution >= 4 is 17.8 Å². The molecule has 1 N–H and O–H groups in total. The van der Waals surface area contributed by atoms with Crippen LogP contribution in [0.5, 0.6) is 0 Å². The van der Waals surface area contributed by atoms with E-state index in [4.69, 9.17) is 0 Å². The van der Waals surface area contributed by atoms with Gasteiger partial charge in [-0.05, 0) is 12.8 Å². The number of nitrogens with one attached hydrogen (secondary N) is 1. The van der Waals surface area contributed by atoms with E-state index in [2.05, 4.69) is 0 Å². The number of urea groups is 1. The lowest BCUT2D eigenvalue weighted by Crippen LogP contribution is -2.65. The number of hydrogen-bond donors (Lipinski definition) is 1. The van der Waals surface area contributed by atoms with Gasteiger partial charge in [-0.15, -0.1) is 0 Å². The summed E-state index contributed by atoms with van der Waals surface area (Å²) < 4.78 is 50.4. The third-order valence-electron chi connectivity index (χ3n) is 3.70. The molecule has 4 amide bonds. The number of hydrogen-bond acceptors (Lipinski definition) is 3. The van der Waals surface area contributed by atoms with Crippen LogP contribution in [0, 0.1) is 5.41 Å². The zero-order chi connectivity index (χ0) is 15.1. The maximum Gasteiger partial charge on any atom is 0.330 e. The Morgan fingerprint density at radius 1 is 1.20 bits per heavy atom. The van der Waals surface area contributed by atoms with Crippen molar-refractivity contribution in [3.8, 4) is 0 Å². The fourth-order valence-electron chi connectivity index (χ4n) is 2.57. The van der Waals surface area contributed by atoms with Crippen molar-refractivity contribution in [3.63, 3.8) is 0 Å². The highest BCUT2D eigenvalue weighted by molar-refractivity contribution is 6.19. The topological polar surface area (TPSA) is 66.5 Å². The lowest BCUT2D eigenvalue weighted by atomic mass is 9.82. The summed E-state index contributed by atoms with van der Waals surface area (Å²) in [6.07, 6.45) is -2.68. The number of imide groups is 2. The Morgan fingerprint density at radius 3 is 2.25 bits per heavy atom. The van der Waals surface area contributed by atoms with Crippen molar-refractivity contribution in [3.05, 3.63) is 0 Å². The van der Waals surface area contributed by atoms with Crippen LogP contribution in [0.15, 0.2) is 0 Å². The minimum absolute atomic E-state index is 0.0267. The Hall–Kier alpha value is -1.67. The molecule has 0 unspecified atom stereocenters. The highest BCUT2D eigenvalue weighted by Crippen LogP contribution is 2.42. The van der Waals surface area contributed by atoms with E-state index in [-0.39, 0.29) is 17.7 Å². The minimum atomic E-state index is -4.51. The maximum atomic E-state index is 13.0. The molecule has 1 spiro atoms. The molecule has 1 aliphatic carbocycles. The van der Waals surface area contributed by atoms with Gasteiger partial charge < -0.3 is 0 Å². The van der Waals surface area contributed by atoms with E-state index in [1.54, 1.807) is 5.32 Å². The van der Waals surface area contributed by atoms with Crippen molar-refractivity contribution in [2.75, 3.05) is 6.54 Å². The van der Waals surface area contributed by atoms with Gasteiger partial charge in [-0.3, -0.25) is 19.8 Å². The number of halogens is 4. The van der Waals surface area contributed by atoms with Gasteiger partial charge in [0.1, 0.15) is 12.0 Å². The van der Waals surface area contributed by atoms with Crippen LogP contribution in [-0.4, -0.2) is 41.6 Å². The maximum absolute atomic E-state index is 13.0. The average Bonchev–Trinajstić information content (AvgIpc) is 2.83. The molecular formula is C11H12F4N2O3. The molecule has 2 rings (SSSR count). The van der Waals surface area contributed by atoms with E-state index in [0.717, 1.165) is 0 Å². The third-order valence-corrected chi connectivity index (χ3v) is 3.70. The van der Waals surface area contributed by atoms with Crippen LogP contribution in [0.1, 0.15) is 25.7 Å². The summed E-state index contributed by atoms with van der Waals surface area (Å²) in [6.45, 7) is -1.73. The average molecular weight is 296 g/mol. The van der Waals surface area contributed by atoms with Crippen molar-refractivity contribution < 1.29 is 31.9 Å². The SMILES string of the molecule is O=C1NC(=O)C2(CCCC2)C(=O)N1CC(F)(F)C(F)F. The lowest BCUT2D eigenvalue weighted by Gasteiger charge is -2.37. The lowest BCUT2D eigenvalue weighted by molar-refractivity contribution is -0.164. The molecule has 2 aliphatic rings. The predicted octanol–water partition coefficient (Wildman–Crippen LogP) is 1.53. The molecule has 112 valence electrons. The van der Waals surface area contributed by atoms with E-state index in [1.165, 1.54) is 0 Å². The molecule has 2 fully saturated rings. The number of carbonyl (C=O) groups excluding carboxylic acids is 3. The Kier molecular flexibility index (Phi) is 3.47. The highest BCUT2D eigenvalue weighted by Gasteiger charge is 2.57. The second-order valence-corrected chi connectivity index (χ2v) is 5.00. The van der Waals surface area contributed by atoms with Crippen molar-refractivity contribution in [1.82, 2.24) is 10.2 Å². The van der Waals surface area contributed by atoms with Crippen LogP contribution in [0.4, 0.5) is 22.4 Å². The van der Waals surface area contributed by atoms with E-state index in [0.29, 0.717) is 12.8 Å². The largest absolute Gasteiger partial charge is 0.330 e. The van der Waals surface area contributed by atoms with Crippen LogP contribution in [0.3, 0.4) is 0 Å². The van der Waals surface area contributed by atoms with Gasteiger partial charge in [0.25, 0.3) is 0 Å². The first kappa shape index (κ1) is 14.7. The Balaban J connectivity index is 2.27. The molecule has 1 saturated heterocycles. The molecule has 0 radical (unpaired) electrons. The first-order valence-electron chi connectivity index (χ1n) is 6.04. The van der Waals surface area contributed by atoms with Crippen LogP contribution >= 0.6 is 0 Å². The van der Waals surface area contributed by atoms with Gasteiger partial charge in [0.05, 0.1) is 0 Å². The summed E-state index contributed by atoms with van der Waals surface area (Å²) in [5.41, 5.74) is -1.56. The molecule has 0 aromatic rings. The van der Waals surface area contributed by atoms with Crippen LogP contribution in [0.25, 0.3) is 0 Å². The number of barbiturate groups is 1. The number of carbonyl (C=O) groups is 3. The normalized spacial score (nSPS) is 22.9. The second kappa shape index (κ2) is 4.71. The number of alkyl halides is 4. The summed E-state index contributed by atoms with van der Waals surface area (Å²) >= 11 is 0. The smallest absolute Gasteiger partial charge is 0.277 e. The number of nitrogens with zero attached hydrogens (tertiary/aromatic N) is 1. The van der Waals surface area contributed by atoms with E-state index in [9.17, 15) is 31.9 Å². The summed E-state index contributed by atoms with van der Waals surface area (Å²) in [5, 5.41) is 1.80.